The van der Waals surface area contributed by atoms with Crippen molar-refractivity contribution in [3.8, 4) is 45.0 Å². The van der Waals surface area contributed by atoms with Gasteiger partial charge in [-0.15, -0.1) is 0 Å². The van der Waals surface area contributed by atoms with Crippen molar-refractivity contribution in [3.63, 3.8) is 0 Å². The van der Waals surface area contributed by atoms with E-state index in [1.807, 2.05) is 0 Å². The highest BCUT2D eigenvalue weighted by molar-refractivity contribution is 6.21. The first-order valence-electron chi connectivity index (χ1n) is 21.3. The highest BCUT2D eigenvalue weighted by atomic mass is 15.0. The van der Waals surface area contributed by atoms with Crippen LogP contribution in [0.2, 0.25) is 0 Å². The fraction of sp³-hybridized carbons (Fsp3) is 0. The van der Waals surface area contributed by atoms with Crippen LogP contribution >= 0.6 is 0 Å². The van der Waals surface area contributed by atoms with Gasteiger partial charge in [-0.3, -0.25) is 0 Å². The Morgan fingerprint density at radius 1 is 0.226 bits per heavy atom. The maximum absolute atomic E-state index is 2.46. The van der Waals surface area contributed by atoms with Gasteiger partial charge in [0, 0.05) is 67.5 Å². The van der Waals surface area contributed by atoms with Crippen molar-refractivity contribution in [2.45, 2.75) is 0 Å². The molecule has 13 aromatic rings. The number of aromatic nitrogens is 4. The molecular weight excluding hydrogens is 753 g/mol. The van der Waals surface area contributed by atoms with Gasteiger partial charge in [0.1, 0.15) is 0 Å². The lowest BCUT2D eigenvalue weighted by atomic mass is 10.00. The monoisotopic (exact) mass is 790 g/mol. The number of fused-ring (bicyclic) bond motifs is 10. The van der Waals surface area contributed by atoms with E-state index in [9.17, 15) is 0 Å². The van der Waals surface area contributed by atoms with Crippen molar-refractivity contribution in [2.75, 3.05) is 0 Å². The summed E-state index contributed by atoms with van der Waals surface area (Å²) in [5.41, 5.74) is 16.6. The summed E-state index contributed by atoms with van der Waals surface area (Å²) in [5.74, 6) is 0. The van der Waals surface area contributed by atoms with Gasteiger partial charge in [0.25, 0.3) is 0 Å². The molecule has 4 heterocycles. The number of rotatable bonds is 6. The second kappa shape index (κ2) is 13.6. The van der Waals surface area contributed by atoms with Crippen LogP contribution in [0.5, 0.6) is 0 Å². The Balaban J connectivity index is 1.02. The van der Waals surface area contributed by atoms with E-state index >= 15 is 0 Å². The minimum absolute atomic E-state index is 1.14. The minimum atomic E-state index is 1.14. The number of hydrogen-bond donors (Lipinski definition) is 0. The molecule has 4 heteroatoms. The predicted molar refractivity (Wildman–Crippen MR) is 260 cm³/mol. The number of hydrogen-bond acceptors (Lipinski definition) is 0. The van der Waals surface area contributed by atoms with Crippen LogP contribution in [0, 0.1) is 0 Å². The van der Waals surface area contributed by atoms with Gasteiger partial charge in [-0.05, 0) is 119 Å². The molecule has 9 aromatic carbocycles. The molecular formula is C58H38N4. The molecule has 0 saturated carbocycles. The van der Waals surface area contributed by atoms with Gasteiger partial charge in [-0.25, -0.2) is 0 Å². The minimum Gasteiger partial charge on any atom is -0.316 e. The molecule has 0 amide bonds. The molecule has 0 aliphatic heterocycles. The summed E-state index contributed by atoms with van der Waals surface area (Å²) in [4.78, 5) is 0. The molecule has 0 unspecified atom stereocenters. The molecule has 0 bridgehead atoms. The van der Waals surface area contributed by atoms with E-state index in [2.05, 4.69) is 249 Å². The summed E-state index contributed by atoms with van der Waals surface area (Å²) < 4.78 is 9.50. The van der Waals surface area contributed by atoms with Crippen molar-refractivity contribution in [2.24, 2.45) is 0 Å². The van der Waals surface area contributed by atoms with Crippen LogP contribution in [0.4, 0.5) is 0 Å². The average molecular weight is 791 g/mol. The second-order valence-corrected chi connectivity index (χ2v) is 16.2. The highest BCUT2D eigenvalue weighted by Gasteiger charge is 2.21. The summed E-state index contributed by atoms with van der Waals surface area (Å²) >= 11 is 0. The number of para-hydroxylation sites is 3. The largest absolute Gasteiger partial charge is 0.316 e. The maximum Gasteiger partial charge on any atom is 0.0635 e. The molecule has 0 radical (unpaired) electrons. The fourth-order valence-corrected chi connectivity index (χ4v) is 9.99. The summed E-state index contributed by atoms with van der Waals surface area (Å²) in [5, 5.41) is 7.39. The number of nitrogens with zero attached hydrogens (tertiary/aromatic N) is 4. The van der Waals surface area contributed by atoms with Crippen molar-refractivity contribution in [3.05, 3.63) is 231 Å². The first-order chi connectivity index (χ1) is 30.8. The zero-order valence-corrected chi connectivity index (χ0v) is 33.7. The zero-order chi connectivity index (χ0) is 40.7. The van der Waals surface area contributed by atoms with Gasteiger partial charge >= 0.3 is 0 Å². The summed E-state index contributed by atoms with van der Waals surface area (Å²) in [6.45, 7) is 0. The molecule has 0 atom stereocenters. The SMILES string of the molecule is c1ccc(-c2ccc(-n3c4ccc(-c5ccc6c(c5)c5ccc7c(ccn7-c7ccccc7)c5n6-c5ccccc5)cc4c4ccc5c(ccn5-c5ccccc5)c43)cc2)cc1. The van der Waals surface area contributed by atoms with E-state index in [4.69, 9.17) is 0 Å². The molecule has 4 nitrogen and oxygen atoms in total. The van der Waals surface area contributed by atoms with Crippen LogP contribution in [0.25, 0.3) is 110 Å². The molecule has 0 aliphatic carbocycles. The van der Waals surface area contributed by atoms with Gasteiger partial charge in [0.2, 0.25) is 0 Å². The molecule has 0 saturated heterocycles. The third-order valence-corrected chi connectivity index (χ3v) is 12.8. The lowest BCUT2D eigenvalue weighted by molar-refractivity contribution is 1.13. The first kappa shape index (κ1) is 34.5. The molecule has 0 aliphatic rings. The Hall–Kier alpha value is -8.34. The van der Waals surface area contributed by atoms with E-state index < -0.39 is 0 Å². The van der Waals surface area contributed by atoms with E-state index in [1.54, 1.807) is 0 Å². The molecule has 0 fully saturated rings. The van der Waals surface area contributed by atoms with E-state index in [-0.39, 0.29) is 0 Å². The lowest BCUT2D eigenvalue weighted by Gasteiger charge is -2.11. The Kier molecular flexibility index (Phi) is 7.57. The van der Waals surface area contributed by atoms with Crippen molar-refractivity contribution < 1.29 is 0 Å². The van der Waals surface area contributed by atoms with Crippen LogP contribution in [-0.4, -0.2) is 18.3 Å². The summed E-state index contributed by atoms with van der Waals surface area (Å²) in [6, 6.07) is 79.5. The Morgan fingerprint density at radius 2 is 0.597 bits per heavy atom. The van der Waals surface area contributed by atoms with Crippen LogP contribution in [0.1, 0.15) is 0 Å². The molecule has 13 rings (SSSR count). The zero-order valence-electron chi connectivity index (χ0n) is 33.7. The van der Waals surface area contributed by atoms with E-state index in [0.29, 0.717) is 0 Å². The fourth-order valence-electron chi connectivity index (χ4n) is 9.99. The second-order valence-electron chi connectivity index (χ2n) is 16.2. The lowest BCUT2D eigenvalue weighted by Crippen LogP contribution is -1.95. The molecule has 0 N–H and O–H groups in total. The molecule has 62 heavy (non-hydrogen) atoms. The molecule has 290 valence electrons. The summed E-state index contributed by atoms with van der Waals surface area (Å²) in [7, 11) is 0. The van der Waals surface area contributed by atoms with Gasteiger partial charge in [0.15, 0.2) is 0 Å². The van der Waals surface area contributed by atoms with Crippen LogP contribution in [0.15, 0.2) is 231 Å². The van der Waals surface area contributed by atoms with Gasteiger partial charge < -0.3 is 18.3 Å². The van der Waals surface area contributed by atoms with Crippen molar-refractivity contribution in [1.82, 2.24) is 18.3 Å². The van der Waals surface area contributed by atoms with Gasteiger partial charge in [0.05, 0.1) is 33.1 Å². The van der Waals surface area contributed by atoms with Gasteiger partial charge in [-0.2, -0.15) is 0 Å². The number of benzene rings is 9. The van der Waals surface area contributed by atoms with Crippen LogP contribution in [0.3, 0.4) is 0 Å². The summed E-state index contributed by atoms with van der Waals surface area (Å²) in [6.07, 6.45) is 4.41. The van der Waals surface area contributed by atoms with Gasteiger partial charge in [-0.1, -0.05) is 121 Å². The molecule has 0 spiro atoms. The Bertz CT molecular complexity index is 3810. The van der Waals surface area contributed by atoms with Crippen molar-refractivity contribution in [1.29, 1.82) is 0 Å². The Morgan fingerprint density at radius 3 is 1.06 bits per heavy atom. The van der Waals surface area contributed by atoms with E-state index in [0.717, 1.165) is 22.7 Å². The van der Waals surface area contributed by atoms with Crippen molar-refractivity contribution >= 4 is 65.4 Å². The third-order valence-electron chi connectivity index (χ3n) is 12.8. The van der Waals surface area contributed by atoms with Crippen LogP contribution < -0.4 is 0 Å². The Labute approximate surface area is 358 Å². The van der Waals surface area contributed by atoms with E-state index in [1.165, 1.54) is 87.7 Å². The highest BCUT2D eigenvalue weighted by Crippen LogP contribution is 2.42. The molecule has 4 aromatic heterocycles. The first-order valence-corrected chi connectivity index (χ1v) is 21.3. The smallest absolute Gasteiger partial charge is 0.0635 e. The maximum atomic E-state index is 2.46. The normalized spacial score (nSPS) is 11.9. The quantitative estimate of drug-likeness (QED) is 0.160. The van der Waals surface area contributed by atoms with Crippen LogP contribution in [-0.2, 0) is 0 Å². The average Bonchev–Trinajstić information content (AvgIpc) is 4.13. The standard InChI is InChI=1S/C58H38N4/c1-5-13-39(14-6-1)40-21-25-46(26-22-40)62-56-30-24-42(38-52(56)48-28-32-54-50(58(48)62)34-36-60(54)44-17-9-3-10-18-44)41-23-29-55-51(37-41)47-27-31-53-49(33-35-59(53)43-15-7-2-8-16-43)57(47)61(55)45-19-11-4-12-20-45/h1-38H. The third kappa shape index (κ3) is 5.20. The topological polar surface area (TPSA) is 19.7 Å². The predicted octanol–water partition coefficient (Wildman–Crippen LogP) is 15.1.